The van der Waals surface area contributed by atoms with Gasteiger partial charge in [0, 0.05) is 61.7 Å². The Morgan fingerprint density at radius 3 is 2.57 bits per heavy atom. The number of hydrogen-bond donors (Lipinski definition) is 0. The van der Waals surface area contributed by atoms with E-state index in [1.807, 2.05) is 35.8 Å². The number of pyridine rings is 1. The number of nitrogens with zero attached hydrogens (tertiary/aromatic N) is 5. The lowest BCUT2D eigenvalue weighted by molar-refractivity contribution is -0.128. The minimum absolute atomic E-state index is 0.0163. The molecule has 0 radical (unpaired) electrons. The second-order valence-corrected chi connectivity index (χ2v) is 8.01. The Labute approximate surface area is 164 Å². The van der Waals surface area contributed by atoms with Gasteiger partial charge in [-0.25, -0.2) is 9.97 Å². The zero-order valence-electron chi connectivity index (χ0n) is 16.4. The molecule has 0 atom stereocenters. The molecule has 2 amide bonds. The monoisotopic (exact) mass is 379 g/mol. The summed E-state index contributed by atoms with van der Waals surface area (Å²) in [6.45, 7) is 6.50. The quantitative estimate of drug-likeness (QED) is 0.816. The van der Waals surface area contributed by atoms with Gasteiger partial charge in [-0.2, -0.15) is 0 Å². The fourth-order valence-electron chi connectivity index (χ4n) is 4.26. The highest BCUT2D eigenvalue weighted by molar-refractivity contribution is 5.94. The van der Waals surface area contributed by atoms with Crippen LogP contribution in [0.15, 0.2) is 30.9 Å². The molecule has 146 valence electrons. The third-order valence-electron chi connectivity index (χ3n) is 6.18. The molecule has 2 aliphatic rings. The van der Waals surface area contributed by atoms with Crippen molar-refractivity contribution in [3.8, 4) is 0 Å². The van der Waals surface area contributed by atoms with Crippen LogP contribution in [0.1, 0.15) is 46.6 Å². The predicted octanol–water partition coefficient (Wildman–Crippen LogP) is 2.14. The topological polar surface area (TPSA) is 79.3 Å². The summed E-state index contributed by atoms with van der Waals surface area (Å²) in [5.41, 5.74) is 3.25. The molecule has 0 bridgehead atoms. The molecule has 4 rings (SSSR count). The summed E-state index contributed by atoms with van der Waals surface area (Å²) in [6, 6.07) is 3.90. The van der Waals surface area contributed by atoms with Crippen LogP contribution < -0.4 is 0 Å². The van der Waals surface area contributed by atoms with Gasteiger partial charge in [0.25, 0.3) is 5.91 Å². The molecular weight excluding hydrogens is 354 g/mol. The number of aromatic nitrogens is 3. The molecule has 0 unspecified atom stereocenters. The molecule has 0 aliphatic carbocycles. The maximum absolute atomic E-state index is 12.9. The molecule has 7 nitrogen and oxygen atoms in total. The van der Waals surface area contributed by atoms with Crippen molar-refractivity contribution in [2.24, 2.45) is 5.41 Å². The van der Waals surface area contributed by atoms with Gasteiger partial charge in [0.1, 0.15) is 12.0 Å². The third kappa shape index (κ3) is 3.48. The Balaban J connectivity index is 1.40. The van der Waals surface area contributed by atoms with Crippen LogP contribution >= 0.6 is 0 Å². The highest BCUT2D eigenvalue weighted by Crippen LogP contribution is 2.41. The molecule has 2 aliphatic heterocycles. The number of carbonyl (C=O) groups excluding carboxylic acids is 2. The lowest BCUT2D eigenvalue weighted by atomic mass is 9.77. The number of carbonyl (C=O) groups is 2. The van der Waals surface area contributed by atoms with Gasteiger partial charge in [0.15, 0.2) is 0 Å². The Hall–Kier alpha value is -2.83. The number of piperidine rings is 1. The van der Waals surface area contributed by atoms with Gasteiger partial charge >= 0.3 is 0 Å². The maximum atomic E-state index is 12.9. The summed E-state index contributed by atoms with van der Waals surface area (Å²) >= 11 is 0. The van der Waals surface area contributed by atoms with Crippen molar-refractivity contribution in [3.63, 3.8) is 0 Å². The van der Waals surface area contributed by atoms with E-state index in [1.54, 1.807) is 12.4 Å². The molecule has 2 aromatic heterocycles. The number of hydrogen-bond acceptors (Lipinski definition) is 5. The average molecular weight is 379 g/mol. The molecule has 0 N–H and O–H groups in total. The van der Waals surface area contributed by atoms with E-state index in [1.165, 1.54) is 6.33 Å². The van der Waals surface area contributed by atoms with Crippen molar-refractivity contribution in [2.45, 2.75) is 39.7 Å². The minimum Gasteiger partial charge on any atom is -0.338 e. The molecule has 2 saturated heterocycles. The van der Waals surface area contributed by atoms with Crippen LogP contribution in [0.2, 0.25) is 0 Å². The number of aryl methyl sites for hydroxylation is 1. The summed E-state index contributed by atoms with van der Waals surface area (Å²) in [5, 5.41) is 0. The first-order chi connectivity index (χ1) is 13.5. The maximum Gasteiger partial charge on any atom is 0.272 e. The molecule has 7 heteroatoms. The van der Waals surface area contributed by atoms with Crippen LogP contribution in [0.3, 0.4) is 0 Å². The molecule has 28 heavy (non-hydrogen) atoms. The molecule has 2 aromatic rings. The van der Waals surface area contributed by atoms with E-state index in [4.69, 9.17) is 0 Å². The number of likely N-dealkylation sites (tertiary alicyclic amines) is 2. The zero-order valence-corrected chi connectivity index (χ0v) is 16.4. The normalized spacial score (nSPS) is 18.7. The Kier molecular flexibility index (Phi) is 4.83. The largest absolute Gasteiger partial charge is 0.338 e. The van der Waals surface area contributed by atoms with E-state index >= 15 is 0 Å². The number of rotatable bonds is 3. The van der Waals surface area contributed by atoms with E-state index in [9.17, 15) is 9.59 Å². The lowest BCUT2D eigenvalue weighted by Crippen LogP contribution is -2.44. The van der Waals surface area contributed by atoms with Gasteiger partial charge in [0.05, 0.1) is 0 Å². The van der Waals surface area contributed by atoms with Crippen molar-refractivity contribution in [3.05, 3.63) is 53.4 Å². The smallest absolute Gasteiger partial charge is 0.272 e. The van der Waals surface area contributed by atoms with Crippen molar-refractivity contribution in [2.75, 3.05) is 19.6 Å². The summed E-state index contributed by atoms with van der Waals surface area (Å²) in [4.78, 5) is 41.7. The third-order valence-corrected chi connectivity index (χ3v) is 6.18. The van der Waals surface area contributed by atoms with Crippen molar-refractivity contribution in [1.82, 2.24) is 24.8 Å². The van der Waals surface area contributed by atoms with E-state index in [-0.39, 0.29) is 17.2 Å². The standard InChI is InChI=1S/C21H25N5O2/c1-15-16(2)23-14-24-19(15)20(28)25-9-5-21(6-10-25)11-18(27)26(13-21)12-17-3-7-22-8-4-17/h3-4,7-8,14H,5-6,9-13H2,1-2H3. The molecule has 0 saturated carbocycles. The first kappa shape index (κ1) is 18.5. The average Bonchev–Trinajstić information content (AvgIpc) is 2.99. The first-order valence-corrected chi connectivity index (χ1v) is 9.72. The van der Waals surface area contributed by atoms with Crippen LogP contribution in [0.4, 0.5) is 0 Å². The van der Waals surface area contributed by atoms with Crippen LogP contribution in [0.25, 0.3) is 0 Å². The van der Waals surface area contributed by atoms with Gasteiger partial charge in [-0.05, 0) is 44.4 Å². The molecule has 1 spiro atoms. The van der Waals surface area contributed by atoms with Crippen LogP contribution in [-0.2, 0) is 11.3 Å². The Morgan fingerprint density at radius 2 is 1.86 bits per heavy atom. The summed E-state index contributed by atoms with van der Waals surface area (Å²) in [5.74, 6) is 0.176. The molecule has 4 heterocycles. The highest BCUT2D eigenvalue weighted by Gasteiger charge is 2.45. The molecule has 2 fully saturated rings. The summed E-state index contributed by atoms with van der Waals surface area (Å²) < 4.78 is 0. The van der Waals surface area contributed by atoms with Crippen LogP contribution in [0.5, 0.6) is 0 Å². The lowest BCUT2D eigenvalue weighted by Gasteiger charge is -2.38. The van der Waals surface area contributed by atoms with Crippen LogP contribution in [-0.4, -0.2) is 56.2 Å². The van der Waals surface area contributed by atoms with Gasteiger partial charge < -0.3 is 9.80 Å². The predicted molar refractivity (Wildman–Crippen MR) is 103 cm³/mol. The van der Waals surface area contributed by atoms with E-state index < -0.39 is 0 Å². The second kappa shape index (κ2) is 7.30. The number of amides is 2. The Bertz CT molecular complexity index is 891. The van der Waals surface area contributed by atoms with E-state index in [0.29, 0.717) is 31.7 Å². The fourth-order valence-corrected chi connectivity index (χ4v) is 4.26. The molecule has 0 aromatic carbocycles. The zero-order chi connectivity index (χ0) is 19.7. The molecular formula is C21H25N5O2. The van der Waals surface area contributed by atoms with Crippen molar-refractivity contribution < 1.29 is 9.59 Å². The van der Waals surface area contributed by atoms with Crippen molar-refractivity contribution in [1.29, 1.82) is 0 Å². The van der Waals surface area contributed by atoms with E-state index in [0.717, 1.165) is 36.2 Å². The van der Waals surface area contributed by atoms with Gasteiger partial charge in [0.2, 0.25) is 5.91 Å². The summed E-state index contributed by atoms with van der Waals surface area (Å²) in [7, 11) is 0. The van der Waals surface area contributed by atoms with Crippen molar-refractivity contribution >= 4 is 11.8 Å². The van der Waals surface area contributed by atoms with Gasteiger partial charge in [-0.3, -0.25) is 14.6 Å². The van der Waals surface area contributed by atoms with Gasteiger partial charge in [-0.15, -0.1) is 0 Å². The minimum atomic E-state index is -0.0317. The van der Waals surface area contributed by atoms with E-state index in [2.05, 4.69) is 15.0 Å². The fraction of sp³-hybridized carbons (Fsp3) is 0.476. The Morgan fingerprint density at radius 1 is 1.14 bits per heavy atom. The second-order valence-electron chi connectivity index (χ2n) is 8.01. The highest BCUT2D eigenvalue weighted by atomic mass is 16.2. The van der Waals surface area contributed by atoms with Crippen LogP contribution in [0, 0.1) is 19.3 Å². The summed E-state index contributed by atoms with van der Waals surface area (Å²) in [6.07, 6.45) is 7.24. The van der Waals surface area contributed by atoms with Gasteiger partial charge in [-0.1, -0.05) is 0 Å². The SMILES string of the molecule is Cc1ncnc(C(=O)N2CCC3(CC2)CC(=O)N(Cc2ccncc2)C3)c1C. The first-order valence-electron chi connectivity index (χ1n) is 9.72.